The Labute approximate surface area is 76.1 Å². The van der Waals surface area contributed by atoms with E-state index in [0.717, 1.165) is 21.1 Å². The van der Waals surface area contributed by atoms with Crippen LogP contribution in [0.3, 0.4) is 0 Å². The summed E-state index contributed by atoms with van der Waals surface area (Å²) in [5.74, 6) is 3.25. The zero-order valence-corrected chi connectivity index (χ0v) is 9.18. The standard InChI is InChI=1S/C8H18N2Se/c1-9-7-8-3-5-10(11-2)6-4-8/h8-9H,3-7H2,1-2H3. The van der Waals surface area contributed by atoms with Crippen molar-refractivity contribution >= 4 is 15.2 Å². The molecule has 0 aromatic carbocycles. The van der Waals surface area contributed by atoms with E-state index >= 15 is 0 Å². The summed E-state index contributed by atoms with van der Waals surface area (Å²) in [5, 5.41) is 3.26. The molecular formula is C8H18N2Se. The molecule has 1 N–H and O–H groups in total. The number of rotatable bonds is 3. The SMILES string of the molecule is CNCC1CCN([Se]C)CC1. The van der Waals surface area contributed by atoms with Gasteiger partial charge in [-0.1, -0.05) is 0 Å². The van der Waals surface area contributed by atoms with Crippen molar-refractivity contribution in [3.63, 3.8) is 0 Å². The molecule has 0 radical (unpaired) electrons. The Hall–Kier alpha value is 0.439. The Balaban J connectivity index is 2.14. The predicted octanol–water partition coefficient (Wildman–Crippen LogP) is 0.585. The van der Waals surface area contributed by atoms with Gasteiger partial charge in [0.25, 0.3) is 0 Å². The molecule has 0 saturated carbocycles. The van der Waals surface area contributed by atoms with Crippen LogP contribution >= 0.6 is 0 Å². The second-order valence-electron chi connectivity index (χ2n) is 3.11. The molecule has 1 aliphatic rings. The van der Waals surface area contributed by atoms with Crippen molar-refractivity contribution in [3.8, 4) is 0 Å². The van der Waals surface area contributed by atoms with Crippen molar-refractivity contribution in [3.05, 3.63) is 0 Å². The molecule has 0 aliphatic carbocycles. The van der Waals surface area contributed by atoms with E-state index in [1.807, 2.05) is 0 Å². The van der Waals surface area contributed by atoms with Gasteiger partial charge < -0.3 is 0 Å². The van der Waals surface area contributed by atoms with Crippen molar-refractivity contribution in [1.82, 2.24) is 9.23 Å². The normalized spacial score (nSPS) is 22.4. The van der Waals surface area contributed by atoms with Gasteiger partial charge in [0, 0.05) is 0 Å². The molecule has 1 fully saturated rings. The van der Waals surface area contributed by atoms with E-state index in [9.17, 15) is 0 Å². The molecule has 3 heteroatoms. The third-order valence-corrected chi connectivity index (χ3v) is 4.17. The topological polar surface area (TPSA) is 15.3 Å². The van der Waals surface area contributed by atoms with Crippen LogP contribution in [0.25, 0.3) is 0 Å². The number of nitrogens with one attached hydrogen (secondary N) is 1. The van der Waals surface area contributed by atoms with Crippen LogP contribution in [-0.2, 0) is 0 Å². The number of hydrogen-bond acceptors (Lipinski definition) is 2. The summed E-state index contributed by atoms with van der Waals surface area (Å²) in [6.07, 6.45) is 2.80. The molecule has 1 rings (SSSR count). The van der Waals surface area contributed by atoms with Gasteiger partial charge in [-0.05, 0) is 0 Å². The van der Waals surface area contributed by atoms with Gasteiger partial charge in [0.15, 0.2) is 0 Å². The van der Waals surface area contributed by atoms with E-state index in [1.54, 1.807) is 0 Å². The Morgan fingerprint density at radius 3 is 2.55 bits per heavy atom. The molecule has 1 aliphatic heterocycles. The van der Waals surface area contributed by atoms with Gasteiger partial charge in [0.1, 0.15) is 0 Å². The monoisotopic (exact) mass is 222 g/mol. The Morgan fingerprint density at radius 2 is 2.09 bits per heavy atom. The molecule has 2 nitrogen and oxygen atoms in total. The first-order valence-electron chi connectivity index (χ1n) is 4.30. The molecule has 1 heterocycles. The van der Waals surface area contributed by atoms with Crippen molar-refractivity contribution in [2.75, 3.05) is 26.7 Å². The van der Waals surface area contributed by atoms with Crippen LogP contribution in [0.15, 0.2) is 0 Å². The first kappa shape index (κ1) is 9.53. The first-order valence-corrected chi connectivity index (χ1v) is 6.78. The zero-order valence-electron chi connectivity index (χ0n) is 7.47. The van der Waals surface area contributed by atoms with Crippen LogP contribution in [0.1, 0.15) is 12.8 Å². The molecule has 0 bridgehead atoms. The summed E-state index contributed by atoms with van der Waals surface area (Å²) >= 11 is 0.741. The minimum atomic E-state index is 0.741. The Morgan fingerprint density at radius 1 is 1.45 bits per heavy atom. The predicted molar refractivity (Wildman–Crippen MR) is 49.8 cm³/mol. The summed E-state index contributed by atoms with van der Waals surface area (Å²) in [6.45, 7) is 3.89. The Kier molecular flexibility index (Phi) is 4.46. The van der Waals surface area contributed by atoms with Crippen molar-refractivity contribution < 1.29 is 0 Å². The average Bonchev–Trinajstić information content (AvgIpc) is 2.07. The third kappa shape index (κ3) is 3.12. The summed E-state index contributed by atoms with van der Waals surface area (Å²) in [4.78, 5) is 0. The number of piperidine rings is 1. The minimum absolute atomic E-state index is 0.741. The first-order chi connectivity index (χ1) is 5.36. The van der Waals surface area contributed by atoms with E-state index in [1.165, 1.54) is 32.5 Å². The van der Waals surface area contributed by atoms with Crippen LogP contribution in [0.2, 0.25) is 5.82 Å². The fraction of sp³-hybridized carbons (Fsp3) is 1.00. The van der Waals surface area contributed by atoms with Crippen molar-refractivity contribution in [2.45, 2.75) is 18.7 Å². The van der Waals surface area contributed by atoms with Crippen molar-refractivity contribution in [1.29, 1.82) is 0 Å². The molecule has 1 saturated heterocycles. The number of nitrogens with zero attached hydrogens (tertiary/aromatic N) is 1. The molecule has 0 atom stereocenters. The van der Waals surface area contributed by atoms with Crippen LogP contribution < -0.4 is 5.32 Å². The second kappa shape index (κ2) is 5.15. The Bertz CT molecular complexity index is 100. The molecular weight excluding hydrogens is 203 g/mol. The van der Waals surface area contributed by atoms with E-state index in [-0.39, 0.29) is 0 Å². The van der Waals surface area contributed by atoms with E-state index < -0.39 is 0 Å². The molecule has 0 amide bonds. The molecule has 0 aromatic heterocycles. The quantitative estimate of drug-likeness (QED) is 0.701. The van der Waals surface area contributed by atoms with Crippen LogP contribution in [0.4, 0.5) is 0 Å². The summed E-state index contributed by atoms with van der Waals surface area (Å²) in [5.41, 5.74) is 0. The van der Waals surface area contributed by atoms with Gasteiger partial charge in [-0.25, -0.2) is 0 Å². The van der Waals surface area contributed by atoms with Gasteiger partial charge in [0.2, 0.25) is 0 Å². The maximum absolute atomic E-state index is 3.26. The van der Waals surface area contributed by atoms with E-state index in [4.69, 9.17) is 0 Å². The molecule has 66 valence electrons. The summed E-state index contributed by atoms with van der Waals surface area (Å²) in [6, 6.07) is 0. The summed E-state index contributed by atoms with van der Waals surface area (Å²) < 4.78 is 2.60. The van der Waals surface area contributed by atoms with Crippen LogP contribution in [0.5, 0.6) is 0 Å². The van der Waals surface area contributed by atoms with Crippen molar-refractivity contribution in [2.24, 2.45) is 5.92 Å². The van der Waals surface area contributed by atoms with Gasteiger partial charge >= 0.3 is 75.7 Å². The second-order valence-corrected chi connectivity index (χ2v) is 4.96. The van der Waals surface area contributed by atoms with Gasteiger partial charge in [-0.15, -0.1) is 0 Å². The molecule has 0 spiro atoms. The maximum atomic E-state index is 3.26. The third-order valence-electron chi connectivity index (χ3n) is 2.32. The van der Waals surface area contributed by atoms with E-state index in [0.29, 0.717) is 0 Å². The zero-order chi connectivity index (χ0) is 8.10. The van der Waals surface area contributed by atoms with Gasteiger partial charge in [-0.2, -0.15) is 0 Å². The van der Waals surface area contributed by atoms with Crippen LogP contribution in [0, 0.1) is 5.92 Å². The van der Waals surface area contributed by atoms with E-state index in [2.05, 4.69) is 22.1 Å². The average molecular weight is 221 g/mol. The molecule has 0 unspecified atom stereocenters. The van der Waals surface area contributed by atoms with Gasteiger partial charge in [-0.3, -0.25) is 0 Å². The summed E-state index contributed by atoms with van der Waals surface area (Å²) in [7, 11) is 2.05. The van der Waals surface area contributed by atoms with Crippen LogP contribution in [-0.4, -0.2) is 45.8 Å². The molecule has 0 aromatic rings. The number of hydrogen-bond donors (Lipinski definition) is 1. The fourth-order valence-corrected chi connectivity index (χ4v) is 2.79. The molecule has 11 heavy (non-hydrogen) atoms. The van der Waals surface area contributed by atoms with Gasteiger partial charge in [0.05, 0.1) is 0 Å². The fourth-order valence-electron chi connectivity index (χ4n) is 1.58.